The van der Waals surface area contributed by atoms with Crippen LogP contribution >= 0.6 is 15.9 Å². The fraction of sp³-hybridized carbons (Fsp3) is 0.385. The molecular formula is C13H11BrF3NO3. The van der Waals surface area contributed by atoms with E-state index in [-0.39, 0.29) is 17.7 Å². The van der Waals surface area contributed by atoms with Crippen LogP contribution in [0.4, 0.5) is 13.2 Å². The van der Waals surface area contributed by atoms with E-state index in [0.29, 0.717) is 10.9 Å². The van der Waals surface area contributed by atoms with Gasteiger partial charge in [-0.2, -0.15) is 5.26 Å². The van der Waals surface area contributed by atoms with E-state index in [1.807, 2.05) is 0 Å². The monoisotopic (exact) mass is 365 g/mol. The fourth-order valence-electron chi connectivity index (χ4n) is 1.65. The third-order valence-corrected chi connectivity index (χ3v) is 3.01. The number of benzene rings is 1. The highest BCUT2D eigenvalue weighted by molar-refractivity contribution is 9.08. The van der Waals surface area contributed by atoms with Gasteiger partial charge in [0, 0.05) is 10.9 Å². The van der Waals surface area contributed by atoms with Crippen LogP contribution in [0.1, 0.15) is 23.6 Å². The van der Waals surface area contributed by atoms with E-state index in [9.17, 15) is 18.0 Å². The summed E-state index contributed by atoms with van der Waals surface area (Å²) in [6.45, 7) is 1.69. The highest BCUT2D eigenvalue weighted by Crippen LogP contribution is 2.32. The molecule has 0 saturated carbocycles. The van der Waals surface area contributed by atoms with Crippen molar-refractivity contribution in [3.8, 4) is 11.8 Å². The summed E-state index contributed by atoms with van der Waals surface area (Å²) in [6.07, 6.45) is -5.36. The first-order valence-electron chi connectivity index (χ1n) is 5.84. The van der Waals surface area contributed by atoms with Crippen molar-refractivity contribution in [2.45, 2.75) is 25.0 Å². The number of ether oxygens (including phenoxy) is 2. The molecule has 0 radical (unpaired) electrons. The number of carbonyl (C=O) groups excluding carboxylic acids is 1. The van der Waals surface area contributed by atoms with Crippen LogP contribution < -0.4 is 4.74 Å². The van der Waals surface area contributed by atoms with E-state index in [1.54, 1.807) is 13.0 Å². The van der Waals surface area contributed by atoms with Crippen molar-refractivity contribution in [2.24, 2.45) is 0 Å². The molecule has 0 spiro atoms. The Labute approximate surface area is 127 Å². The van der Waals surface area contributed by atoms with Crippen LogP contribution in [-0.2, 0) is 21.3 Å². The first-order chi connectivity index (χ1) is 9.80. The molecule has 1 aromatic carbocycles. The van der Waals surface area contributed by atoms with E-state index >= 15 is 0 Å². The maximum absolute atomic E-state index is 12.4. The Morgan fingerprint density at radius 1 is 1.43 bits per heavy atom. The van der Waals surface area contributed by atoms with Gasteiger partial charge in [0.15, 0.2) is 5.75 Å². The normalized spacial score (nSPS) is 10.9. The predicted octanol–water partition coefficient (Wildman–Crippen LogP) is 3.46. The summed E-state index contributed by atoms with van der Waals surface area (Å²) in [7, 11) is 0. The first-order valence-corrected chi connectivity index (χ1v) is 6.96. The minimum absolute atomic E-state index is 0.0423. The number of rotatable bonds is 5. The van der Waals surface area contributed by atoms with E-state index in [0.717, 1.165) is 0 Å². The van der Waals surface area contributed by atoms with Crippen LogP contribution in [0.3, 0.4) is 0 Å². The van der Waals surface area contributed by atoms with Gasteiger partial charge in [-0.25, -0.2) is 0 Å². The summed E-state index contributed by atoms with van der Waals surface area (Å²) in [5.41, 5.74) is 0.225. The lowest BCUT2D eigenvalue weighted by Crippen LogP contribution is -2.20. The van der Waals surface area contributed by atoms with Gasteiger partial charge in [-0.05, 0) is 18.6 Å². The molecule has 0 saturated heterocycles. The van der Waals surface area contributed by atoms with Crippen LogP contribution in [0.25, 0.3) is 0 Å². The molecule has 0 heterocycles. The Morgan fingerprint density at radius 2 is 2.10 bits per heavy atom. The second kappa shape index (κ2) is 7.31. The standard InChI is InChI=1S/C13H11BrF3NO3/c1-2-20-11(19)5-9-3-8(6-14)4-10(7-18)12(9)21-13(15,16)17/h3-4H,2,5-6H2,1H3. The van der Waals surface area contributed by atoms with Gasteiger partial charge in [-0.15, -0.1) is 13.2 Å². The van der Waals surface area contributed by atoms with Gasteiger partial charge in [0.1, 0.15) is 6.07 Å². The van der Waals surface area contributed by atoms with E-state index in [4.69, 9.17) is 10.00 Å². The van der Waals surface area contributed by atoms with Gasteiger partial charge in [-0.1, -0.05) is 22.0 Å². The van der Waals surface area contributed by atoms with E-state index in [1.165, 1.54) is 12.1 Å². The number of nitrogens with zero attached hydrogens (tertiary/aromatic N) is 1. The van der Waals surface area contributed by atoms with Crippen LogP contribution in [0.5, 0.6) is 5.75 Å². The van der Waals surface area contributed by atoms with Gasteiger partial charge in [0.25, 0.3) is 0 Å². The molecule has 1 aromatic rings. The van der Waals surface area contributed by atoms with Crippen molar-refractivity contribution >= 4 is 21.9 Å². The van der Waals surface area contributed by atoms with Crippen molar-refractivity contribution in [1.82, 2.24) is 0 Å². The Kier molecular flexibility index (Phi) is 6.03. The van der Waals surface area contributed by atoms with Gasteiger partial charge in [0.2, 0.25) is 0 Å². The third kappa shape index (κ3) is 5.27. The van der Waals surface area contributed by atoms with Gasteiger partial charge in [-0.3, -0.25) is 4.79 Å². The zero-order chi connectivity index (χ0) is 16.0. The van der Waals surface area contributed by atoms with Gasteiger partial charge in [0.05, 0.1) is 18.6 Å². The molecule has 114 valence electrons. The minimum Gasteiger partial charge on any atom is -0.466 e. The number of nitriles is 1. The third-order valence-electron chi connectivity index (χ3n) is 2.36. The largest absolute Gasteiger partial charge is 0.573 e. The maximum Gasteiger partial charge on any atom is 0.573 e. The topological polar surface area (TPSA) is 59.3 Å². The van der Waals surface area contributed by atoms with Crippen LogP contribution in [0.2, 0.25) is 0 Å². The molecule has 0 bridgehead atoms. The molecule has 0 aliphatic heterocycles. The lowest BCUT2D eigenvalue weighted by Gasteiger charge is -2.15. The van der Waals surface area contributed by atoms with Crippen LogP contribution in [0, 0.1) is 11.3 Å². The van der Waals surface area contributed by atoms with Crippen molar-refractivity contribution in [2.75, 3.05) is 6.61 Å². The number of esters is 1. The molecule has 0 atom stereocenters. The second-order valence-corrected chi connectivity index (χ2v) is 4.47. The molecule has 0 amide bonds. The molecule has 0 N–H and O–H groups in total. The molecule has 4 nitrogen and oxygen atoms in total. The zero-order valence-electron chi connectivity index (χ0n) is 11.0. The Bertz CT molecular complexity index is 567. The summed E-state index contributed by atoms with van der Waals surface area (Å²) < 4.78 is 45.9. The number of carbonyl (C=O) groups is 1. The minimum atomic E-state index is -4.95. The lowest BCUT2D eigenvalue weighted by molar-refractivity contribution is -0.275. The number of hydrogen-bond donors (Lipinski definition) is 0. The molecule has 0 aromatic heterocycles. The zero-order valence-corrected chi connectivity index (χ0v) is 12.5. The van der Waals surface area contributed by atoms with Crippen molar-refractivity contribution in [1.29, 1.82) is 5.26 Å². The molecule has 0 unspecified atom stereocenters. The Hall–Kier alpha value is -1.75. The smallest absolute Gasteiger partial charge is 0.466 e. The quantitative estimate of drug-likeness (QED) is 0.592. The van der Waals surface area contributed by atoms with Crippen molar-refractivity contribution in [3.63, 3.8) is 0 Å². The van der Waals surface area contributed by atoms with Crippen LogP contribution in [-0.4, -0.2) is 18.9 Å². The summed E-state index contributed by atoms with van der Waals surface area (Å²) in [5.74, 6) is -1.36. The summed E-state index contributed by atoms with van der Waals surface area (Å²) in [6, 6.07) is 4.28. The maximum atomic E-state index is 12.4. The second-order valence-electron chi connectivity index (χ2n) is 3.91. The average molecular weight is 366 g/mol. The Balaban J connectivity index is 3.29. The lowest BCUT2D eigenvalue weighted by atomic mass is 10.0. The highest BCUT2D eigenvalue weighted by Gasteiger charge is 2.34. The molecule has 0 aliphatic rings. The van der Waals surface area contributed by atoms with E-state index in [2.05, 4.69) is 20.7 Å². The predicted molar refractivity (Wildman–Crippen MR) is 70.8 cm³/mol. The molecule has 8 heteroatoms. The molecular weight excluding hydrogens is 355 g/mol. The van der Waals surface area contributed by atoms with Gasteiger partial charge >= 0.3 is 12.3 Å². The summed E-state index contributed by atoms with van der Waals surface area (Å²) in [4.78, 5) is 11.5. The highest BCUT2D eigenvalue weighted by atomic mass is 79.9. The first kappa shape index (κ1) is 17.3. The molecule has 1 rings (SSSR count). The number of alkyl halides is 4. The van der Waals surface area contributed by atoms with Crippen molar-refractivity contribution in [3.05, 3.63) is 28.8 Å². The van der Waals surface area contributed by atoms with Crippen molar-refractivity contribution < 1.29 is 27.4 Å². The van der Waals surface area contributed by atoms with E-state index < -0.39 is 24.5 Å². The average Bonchev–Trinajstić information content (AvgIpc) is 2.39. The van der Waals surface area contributed by atoms with Gasteiger partial charge < -0.3 is 9.47 Å². The number of halogens is 4. The Morgan fingerprint density at radius 3 is 2.57 bits per heavy atom. The SMILES string of the molecule is CCOC(=O)Cc1cc(CBr)cc(C#N)c1OC(F)(F)F. The molecule has 0 aliphatic carbocycles. The molecule has 21 heavy (non-hydrogen) atoms. The summed E-state index contributed by atoms with van der Waals surface area (Å²) >= 11 is 3.15. The molecule has 0 fully saturated rings. The fourth-order valence-corrected chi connectivity index (χ4v) is 1.97. The summed E-state index contributed by atoms with van der Waals surface area (Å²) in [5, 5.41) is 9.29. The van der Waals surface area contributed by atoms with Crippen LogP contribution in [0.15, 0.2) is 12.1 Å². The number of hydrogen-bond acceptors (Lipinski definition) is 4.